The molecular formula is C42H50ClN5O8S. The van der Waals surface area contributed by atoms with E-state index in [0.717, 1.165) is 30.4 Å². The first-order valence-corrected chi connectivity index (χ1v) is 21.9. The van der Waals surface area contributed by atoms with Crippen molar-refractivity contribution in [1.82, 2.24) is 19.8 Å². The van der Waals surface area contributed by atoms with Crippen LogP contribution in [0.4, 0.5) is 0 Å². The highest BCUT2D eigenvalue weighted by Gasteiger charge is 2.62. The maximum absolute atomic E-state index is 14.9. The molecule has 4 aliphatic carbocycles. The Morgan fingerprint density at radius 3 is 2.54 bits per heavy atom. The van der Waals surface area contributed by atoms with Gasteiger partial charge in [-0.15, -0.1) is 6.58 Å². The first-order chi connectivity index (χ1) is 27.1. The molecule has 0 aromatic heterocycles. The Bertz CT molecular complexity index is 2120. The highest BCUT2D eigenvalue weighted by atomic mass is 35.5. The molecule has 2 unspecified atom stereocenters. The van der Waals surface area contributed by atoms with E-state index in [1.807, 2.05) is 62.1 Å². The lowest BCUT2D eigenvalue weighted by atomic mass is 9.77. The van der Waals surface area contributed by atoms with Crippen LogP contribution in [0.15, 0.2) is 87.8 Å². The predicted octanol–water partition coefficient (Wildman–Crippen LogP) is 4.46. The second-order valence-corrected chi connectivity index (χ2v) is 19.8. The Balaban J connectivity index is 1.09. The highest BCUT2D eigenvalue weighted by molar-refractivity contribution is 7.91. The van der Waals surface area contributed by atoms with Crippen molar-refractivity contribution in [2.24, 2.45) is 28.2 Å². The minimum atomic E-state index is -3.90. The monoisotopic (exact) mass is 819 g/mol. The van der Waals surface area contributed by atoms with Crippen LogP contribution < -0.4 is 10.0 Å². The van der Waals surface area contributed by atoms with Gasteiger partial charge in [0.2, 0.25) is 33.6 Å². The van der Waals surface area contributed by atoms with Gasteiger partial charge >= 0.3 is 0 Å². The van der Waals surface area contributed by atoms with Crippen LogP contribution in [0.25, 0.3) is 0 Å². The van der Waals surface area contributed by atoms with Gasteiger partial charge in [0.1, 0.15) is 29.5 Å². The van der Waals surface area contributed by atoms with Crippen molar-refractivity contribution < 1.29 is 37.1 Å². The predicted molar refractivity (Wildman–Crippen MR) is 213 cm³/mol. The zero-order valence-corrected chi connectivity index (χ0v) is 34.1. The second kappa shape index (κ2) is 14.7. The van der Waals surface area contributed by atoms with Crippen molar-refractivity contribution in [1.29, 1.82) is 0 Å². The van der Waals surface area contributed by atoms with Gasteiger partial charge in [-0.3, -0.25) is 23.9 Å². The number of piperidine rings is 1. The normalized spacial score (nSPS) is 30.7. The van der Waals surface area contributed by atoms with Crippen LogP contribution in [-0.4, -0.2) is 96.4 Å². The van der Waals surface area contributed by atoms with E-state index in [9.17, 15) is 27.6 Å². The minimum absolute atomic E-state index is 0.0121. The van der Waals surface area contributed by atoms with Gasteiger partial charge in [-0.2, -0.15) is 0 Å². The molecule has 0 aromatic carbocycles. The molecule has 2 saturated carbocycles. The number of carbonyl (C=O) groups is 4. The fourth-order valence-electron chi connectivity index (χ4n) is 8.73. The fraction of sp³-hybridized carbons (Fsp3) is 0.548. The average molecular weight is 820 g/mol. The maximum atomic E-state index is 14.9. The number of carbonyl (C=O) groups excluding carboxylic acids is 4. The van der Waals surface area contributed by atoms with Crippen LogP contribution in [0.1, 0.15) is 72.1 Å². The molecule has 2 saturated heterocycles. The van der Waals surface area contributed by atoms with E-state index >= 15 is 0 Å². The first kappa shape index (κ1) is 39.4. The second-order valence-electron chi connectivity index (χ2n) is 17.4. The molecule has 8 aliphatic rings. The number of hydrogen-bond acceptors (Lipinski definition) is 9. The Kier molecular flexibility index (Phi) is 10.2. The van der Waals surface area contributed by atoms with Crippen LogP contribution in [0.2, 0.25) is 0 Å². The van der Waals surface area contributed by atoms with Gasteiger partial charge in [0.25, 0.3) is 5.91 Å². The lowest BCUT2D eigenvalue weighted by Crippen LogP contribution is -2.57. The fourth-order valence-corrected chi connectivity index (χ4v) is 10.3. The third-order valence-electron chi connectivity index (χ3n) is 12.4. The summed E-state index contributed by atoms with van der Waals surface area (Å²) in [5, 5.41) is 2.77. The summed E-state index contributed by atoms with van der Waals surface area (Å²) in [6.45, 7) is 10.9. The van der Waals surface area contributed by atoms with Crippen molar-refractivity contribution in [3.63, 3.8) is 0 Å². The molecule has 0 spiro atoms. The number of likely N-dealkylation sites (tertiary alicyclic amines) is 2. The topological polar surface area (TPSA) is 164 Å². The van der Waals surface area contributed by atoms with Crippen molar-refractivity contribution in [2.75, 3.05) is 19.6 Å². The number of allylic oxidation sites excluding steroid dienone is 5. The molecule has 8 rings (SSSR count). The number of nitrogens with zero attached hydrogens (tertiary/aromatic N) is 3. The lowest BCUT2D eigenvalue weighted by molar-refractivity contribution is -0.148. The summed E-state index contributed by atoms with van der Waals surface area (Å²) >= 11 is 6.39. The molecule has 2 N–H and O–H groups in total. The lowest BCUT2D eigenvalue weighted by Gasteiger charge is -2.36. The minimum Gasteiger partial charge on any atom is -0.479 e. The number of hydrogen-bond donors (Lipinski definition) is 2. The Labute approximate surface area is 338 Å². The van der Waals surface area contributed by atoms with Crippen molar-refractivity contribution >= 4 is 51.2 Å². The standard InChI is InChI=1S/C42H50ClN5O8S/c1-5-24-22-42(24,40(52)46-57(53,54)27-14-15-27)45-37(50)32-20-26(23-48(32)39(51)31(41(2,3)4)21-34(49)47-17-9-6-10-18-47)55-38-29-12-8-7-11-28(29)36-35(44-38)30-19-25(43)13-16-33(30)56-36/h5,7-8,11-13,16,19,24,26-27,29,31-33H,1,6,9-10,14-15,17-18,20-23H2,2-4H3,(H,45,50)(H,46,52)/t24-,26-,29?,31-,32+,33?,42-/m1/s1. The molecule has 4 heterocycles. The van der Waals surface area contributed by atoms with Gasteiger partial charge in [-0.25, -0.2) is 13.4 Å². The number of ether oxygens (including phenoxy) is 2. The Morgan fingerprint density at radius 1 is 1.11 bits per heavy atom. The summed E-state index contributed by atoms with van der Waals surface area (Å²) < 4.78 is 40.9. The number of dihydropyridines is 1. The highest BCUT2D eigenvalue weighted by Crippen LogP contribution is 2.47. The van der Waals surface area contributed by atoms with E-state index in [4.69, 9.17) is 26.1 Å². The number of halogens is 1. The van der Waals surface area contributed by atoms with Gasteiger partial charge in [-0.05, 0) is 62.2 Å². The quantitative estimate of drug-likeness (QED) is 0.306. The van der Waals surface area contributed by atoms with E-state index in [2.05, 4.69) is 16.6 Å². The molecule has 4 amide bonds. The molecule has 0 aromatic rings. The van der Waals surface area contributed by atoms with Crippen LogP contribution in [0.3, 0.4) is 0 Å². The summed E-state index contributed by atoms with van der Waals surface area (Å²) in [6.07, 6.45) is 17.7. The first-order valence-electron chi connectivity index (χ1n) is 20.0. The van der Waals surface area contributed by atoms with E-state index < -0.39 is 62.0 Å². The van der Waals surface area contributed by atoms with E-state index in [1.54, 1.807) is 6.08 Å². The zero-order chi connectivity index (χ0) is 40.4. The summed E-state index contributed by atoms with van der Waals surface area (Å²) in [6, 6.07) is -1.10. The Morgan fingerprint density at radius 2 is 1.86 bits per heavy atom. The van der Waals surface area contributed by atoms with Gasteiger partial charge in [0.15, 0.2) is 5.76 Å². The summed E-state index contributed by atoms with van der Waals surface area (Å²) in [4.78, 5) is 65.0. The molecule has 57 heavy (non-hydrogen) atoms. The van der Waals surface area contributed by atoms with Crippen LogP contribution >= 0.6 is 11.6 Å². The summed E-state index contributed by atoms with van der Waals surface area (Å²) in [7, 11) is -3.90. The third-order valence-corrected chi connectivity index (χ3v) is 14.4. The van der Waals surface area contributed by atoms with E-state index in [1.165, 1.54) is 11.0 Å². The number of fused-ring (bicyclic) bond motifs is 3. The van der Waals surface area contributed by atoms with Crippen LogP contribution in [0, 0.1) is 23.2 Å². The maximum Gasteiger partial charge on any atom is 0.259 e. The van der Waals surface area contributed by atoms with Crippen LogP contribution in [0.5, 0.6) is 0 Å². The molecule has 4 aliphatic heterocycles. The number of nitrogens with one attached hydrogen (secondary N) is 2. The summed E-state index contributed by atoms with van der Waals surface area (Å²) in [5.74, 6) is -2.56. The van der Waals surface area contributed by atoms with Gasteiger partial charge in [0.05, 0.1) is 23.6 Å². The number of amides is 4. The van der Waals surface area contributed by atoms with E-state index in [0.29, 0.717) is 48.3 Å². The smallest absolute Gasteiger partial charge is 0.259 e. The summed E-state index contributed by atoms with van der Waals surface area (Å²) in [5.41, 5.74) is 0.0736. The van der Waals surface area contributed by atoms with Gasteiger partial charge in [-0.1, -0.05) is 62.8 Å². The molecular weight excluding hydrogens is 770 g/mol. The Hall–Kier alpha value is -4.43. The molecule has 7 atom stereocenters. The van der Waals surface area contributed by atoms with Crippen molar-refractivity contribution in [3.8, 4) is 0 Å². The largest absolute Gasteiger partial charge is 0.479 e. The van der Waals surface area contributed by atoms with Gasteiger partial charge < -0.3 is 24.6 Å². The zero-order valence-electron chi connectivity index (χ0n) is 32.5. The van der Waals surface area contributed by atoms with Gasteiger partial charge in [0, 0.05) is 48.0 Å². The van der Waals surface area contributed by atoms with E-state index in [-0.39, 0.29) is 49.6 Å². The number of aliphatic imine (C=N–C) groups is 1. The molecule has 304 valence electrons. The number of rotatable bonds is 10. The molecule has 0 radical (unpaired) electrons. The number of sulfonamides is 1. The average Bonchev–Trinajstić information content (AvgIpc) is 4.09. The van der Waals surface area contributed by atoms with Crippen molar-refractivity contribution in [2.45, 2.75) is 101 Å². The SMILES string of the molecule is C=C[C@@H]1C[C@]1(NC(=O)[C@@H]1C[C@@H](OC2=NC3=C4C=C(Cl)C=CC4OC3=C3C=CC=CC23)CN1C(=O)[C@@H](CC(=O)N1CCCCC1)C(C)(C)C)C(=O)NS(=O)(=O)C1CC1. The van der Waals surface area contributed by atoms with Crippen LogP contribution in [-0.2, 0) is 38.7 Å². The molecule has 13 nitrogen and oxygen atoms in total. The molecule has 0 bridgehead atoms. The molecule has 4 fully saturated rings. The van der Waals surface area contributed by atoms with Crippen molar-refractivity contribution in [3.05, 3.63) is 82.8 Å². The third kappa shape index (κ3) is 7.55. The molecule has 15 heteroatoms.